The molecule has 0 saturated carbocycles. The van der Waals surface area contributed by atoms with Gasteiger partial charge in [-0.05, 0) is 12.8 Å². The Morgan fingerprint density at radius 1 is 1.33 bits per heavy atom. The first-order valence-corrected chi connectivity index (χ1v) is 5.46. The first-order valence-electron chi connectivity index (χ1n) is 4.54. The van der Waals surface area contributed by atoms with Gasteiger partial charge in [0, 0.05) is 10.9 Å². The number of nitrogens with one attached hydrogen (secondary N) is 1. The van der Waals surface area contributed by atoms with Gasteiger partial charge in [0.15, 0.2) is 6.19 Å². The van der Waals surface area contributed by atoms with Crippen molar-refractivity contribution in [2.75, 3.05) is 0 Å². The van der Waals surface area contributed by atoms with Crippen molar-refractivity contribution in [3.63, 3.8) is 0 Å². The van der Waals surface area contributed by atoms with Gasteiger partial charge < -0.3 is 5.32 Å². The maximum atomic E-state index is 8.50. The molecule has 0 heterocycles. The second kappa shape index (κ2) is 7.42. The lowest BCUT2D eigenvalue weighted by atomic mass is 10.1. The molecule has 0 unspecified atom stereocenters. The monoisotopic (exact) mass is 232 g/mol. The highest BCUT2D eigenvalue weighted by molar-refractivity contribution is 9.09. The van der Waals surface area contributed by atoms with Crippen LogP contribution in [0.4, 0.5) is 0 Å². The lowest BCUT2D eigenvalue weighted by molar-refractivity contribution is 0.504. The highest BCUT2D eigenvalue weighted by atomic mass is 79.9. The minimum absolute atomic E-state index is 0.306. The van der Waals surface area contributed by atoms with Gasteiger partial charge in [0.1, 0.15) is 0 Å². The smallest absolute Gasteiger partial charge is 0.176 e. The summed E-state index contributed by atoms with van der Waals surface area (Å²) in [5, 5.41) is 11.3. The van der Waals surface area contributed by atoms with Crippen LogP contribution in [0.1, 0.15) is 39.5 Å². The van der Waals surface area contributed by atoms with Crippen LogP contribution in [0, 0.1) is 11.5 Å². The van der Waals surface area contributed by atoms with Gasteiger partial charge in [-0.2, -0.15) is 5.26 Å². The third kappa shape index (κ3) is 4.61. The molecule has 0 bridgehead atoms. The molecule has 2 atom stereocenters. The zero-order valence-corrected chi connectivity index (χ0v) is 9.39. The van der Waals surface area contributed by atoms with Crippen LogP contribution in [0.25, 0.3) is 0 Å². The largest absolute Gasteiger partial charge is 0.320 e. The van der Waals surface area contributed by atoms with Crippen LogP contribution in [-0.2, 0) is 0 Å². The Morgan fingerprint density at radius 2 is 1.92 bits per heavy atom. The molecule has 0 aromatic rings. The van der Waals surface area contributed by atoms with Crippen molar-refractivity contribution in [3.05, 3.63) is 0 Å². The fraction of sp³-hybridized carbons (Fsp3) is 0.889. The highest BCUT2D eigenvalue weighted by Gasteiger charge is 2.15. The number of alkyl halides is 1. The number of hydrogen-bond donors (Lipinski definition) is 1. The normalized spacial score (nSPS) is 14.8. The van der Waals surface area contributed by atoms with E-state index in [4.69, 9.17) is 5.26 Å². The molecule has 0 aromatic heterocycles. The van der Waals surface area contributed by atoms with Crippen LogP contribution < -0.4 is 5.32 Å². The van der Waals surface area contributed by atoms with E-state index in [1.807, 2.05) is 6.19 Å². The van der Waals surface area contributed by atoms with E-state index in [1.165, 1.54) is 0 Å². The molecule has 2 nitrogen and oxygen atoms in total. The van der Waals surface area contributed by atoms with Crippen LogP contribution in [0.5, 0.6) is 0 Å². The zero-order chi connectivity index (χ0) is 9.40. The summed E-state index contributed by atoms with van der Waals surface area (Å²) < 4.78 is 0. The average molecular weight is 233 g/mol. The van der Waals surface area contributed by atoms with Crippen molar-refractivity contribution < 1.29 is 0 Å². The number of rotatable bonds is 6. The minimum Gasteiger partial charge on any atom is -0.320 e. The third-order valence-corrected chi connectivity index (χ3v) is 2.95. The maximum Gasteiger partial charge on any atom is 0.176 e. The fourth-order valence-corrected chi connectivity index (χ4v) is 2.07. The summed E-state index contributed by atoms with van der Waals surface area (Å²) in [7, 11) is 0. The lowest BCUT2D eigenvalue weighted by Crippen LogP contribution is -2.33. The molecule has 0 fully saturated rings. The van der Waals surface area contributed by atoms with Crippen LogP contribution in [-0.4, -0.2) is 10.9 Å². The van der Waals surface area contributed by atoms with Gasteiger partial charge in [-0.15, -0.1) is 0 Å². The molecule has 0 rings (SSSR count). The van der Waals surface area contributed by atoms with E-state index in [0.29, 0.717) is 10.9 Å². The Labute approximate surface area is 83.5 Å². The van der Waals surface area contributed by atoms with Gasteiger partial charge in [0.05, 0.1) is 0 Å². The molecule has 0 amide bonds. The first-order chi connectivity index (χ1) is 5.76. The van der Waals surface area contributed by atoms with Gasteiger partial charge in [0.25, 0.3) is 0 Å². The summed E-state index contributed by atoms with van der Waals surface area (Å²) in [6.45, 7) is 4.29. The van der Waals surface area contributed by atoms with Crippen molar-refractivity contribution in [2.24, 2.45) is 0 Å². The Morgan fingerprint density at radius 3 is 2.33 bits per heavy atom. The number of nitrogens with zero attached hydrogens (tertiary/aromatic N) is 1. The summed E-state index contributed by atoms with van der Waals surface area (Å²) in [4.78, 5) is 0.432. The standard InChI is InChI=1S/C9H17BrN2/c1-3-5-8(10)9(6-4-2)12-7-11/h8-9,12H,3-6H2,1-2H3/t8-,9+/m0/s1. The van der Waals surface area contributed by atoms with Crippen molar-refractivity contribution >= 4 is 15.9 Å². The van der Waals surface area contributed by atoms with Crippen molar-refractivity contribution in [2.45, 2.75) is 50.4 Å². The van der Waals surface area contributed by atoms with E-state index < -0.39 is 0 Å². The molecule has 12 heavy (non-hydrogen) atoms. The summed E-state index contributed by atoms with van der Waals surface area (Å²) in [5.74, 6) is 0. The SMILES string of the molecule is CCC[C@H](Br)[C@@H](CCC)NC#N. The third-order valence-electron chi connectivity index (χ3n) is 1.85. The lowest BCUT2D eigenvalue weighted by Gasteiger charge is -2.19. The molecular formula is C9H17BrN2. The molecule has 0 aromatic carbocycles. The van der Waals surface area contributed by atoms with Crippen molar-refractivity contribution in [1.29, 1.82) is 5.26 Å². The minimum atomic E-state index is 0.306. The first kappa shape index (κ1) is 11.8. The highest BCUT2D eigenvalue weighted by Crippen LogP contribution is 2.16. The van der Waals surface area contributed by atoms with Gasteiger partial charge in [-0.3, -0.25) is 0 Å². The molecule has 0 aliphatic heterocycles. The molecule has 0 aliphatic carbocycles. The Bertz CT molecular complexity index is 142. The van der Waals surface area contributed by atoms with Crippen molar-refractivity contribution in [3.8, 4) is 6.19 Å². The van der Waals surface area contributed by atoms with E-state index in [1.54, 1.807) is 0 Å². The fourth-order valence-electron chi connectivity index (χ4n) is 1.21. The van der Waals surface area contributed by atoms with E-state index in [2.05, 4.69) is 35.1 Å². The van der Waals surface area contributed by atoms with Gasteiger partial charge in [-0.25, -0.2) is 0 Å². The number of halogens is 1. The molecular weight excluding hydrogens is 216 g/mol. The van der Waals surface area contributed by atoms with Crippen molar-refractivity contribution in [1.82, 2.24) is 5.32 Å². The van der Waals surface area contributed by atoms with Gasteiger partial charge in [0.2, 0.25) is 0 Å². The van der Waals surface area contributed by atoms with E-state index in [9.17, 15) is 0 Å². The number of nitriles is 1. The molecule has 0 saturated heterocycles. The molecule has 0 spiro atoms. The molecule has 70 valence electrons. The predicted molar refractivity (Wildman–Crippen MR) is 55.1 cm³/mol. The predicted octanol–water partition coefficient (Wildman–Crippen LogP) is 2.79. The Balaban J connectivity index is 3.82. The quantitative estimate of drug-likeness (QED) is 0.435. The molecule has 0 radical (unpaired) electrons. The zero-order valence-electron chi connectivity index (χ0n) is 7.81. The van der Waals surface area contributed by atoms with Crippen LogP contribution in [0.3, 0.4) is 0 Å². The summed E-state index contributed by atoms with van der Waals surface area (Å²) in [6, 6.07) is 0.306. The Hall–Kier alpha value is -0.230. The van der Waals surface area contributed by atoms with Crippen LogP contribution in [0.15, 0.2) is 0 Å². The summed E-state index contributed by atoms with van der Waals surface area (Å²) in [6.07, 6.45) is 6.47. The van der Waals surface area contributed by atoms with Gasteiger partial charge >= 0.3 is 0 Å². The molecule has 3 heteroatoms. The second-order valence-electron chi connectivity index (χ2n) is 2.96. The Kier molecular flexibility index (Phi) is 7.28. The topological polar surface area (TPSA) is 35.8 Å². The van der Waals surface area contributed by atoms with Gasteiger partial charge in [-0.1, -0.05) is 42.6 Å². The summed E-state index contributed by atoms with van der Waals surface area (Å²) >= 11 is 3.59. The molecule has 0 aliphatic rings. The maximum absolute atomic E-state index is 8.50. The van der Waals surface area contributed by atoms with E-state index in [0.717, 1.165) is 25.7 Å². The van der Waals surface area contributed by atoms with Crippen LogP contribution >= 0.6 is 15.9 Å². The van der Waals surface area contributed by atoms with Crippen LogP contribution in [0.2, 0.25) is 0 Å². The average Bonchev–Trinajstić information content (AvgIpc) is 2.04. The summed E-state index contributed by atoms with van der Waals surface area (Å²) in [5.41, 5.74) is 0. The van der Waals surface area contributed by atoms with E-state index >= 15 is 0 Å². The second-order valence-corrected chi connectivity index (χ2v) is 4.13. The van der Waals surface area contributed by atoms with E-state index in [-0.39, 0.29) is 0 Å². The molecule has 1 N–H and O–H groups in total. The number of hydrogen-bond acceptors (Lipinski definition) is 2.